The van der Waals surface area contributed by atoms with Crippen LogP contribution in [0, 0.1) is 17.5 Å². The van der Waals surface area contributed by atoms with E-state index in [0.29, 0.717) is 29.7 Å². The summed E-state index contributed by atoms with van der Waals surface area (Å²) < 4.78 is 77.9. The van der Waals surface area contributed by atoms with Gasteiger partial charge in [0.05, 0.1) is 7.11 Å². The fraction of sp³-hybridized carbons (Fsp3) is 0.143. The zero-order valence-electron chi connectivity index (χ0n) is 15.9. The largest absolute Gasteiger partial charge is 0.493 e. The van der Waals surface area contributed by atoms with Gasteiger partial charge < -0.3 is 9.47 Å². The molecule has 1 N–H and O–H groups in total. The summed E-state index contributed by atoms with van der Waals surface area (Å²) in [5, 5.41) is 0. The summed E-state index contributed by atoms with van der Waals surface area (Å²) in [5.74, 6) is -3.48. The van der Waals surface area contributed by atoms with E-state index in [2.05, 4.69) is 4.72 Å². The van der Waals surface area contributed by atoms with Gasteiger partial charge >= 0.3 is 0 Å². The van der Waals surface area contributed by atoms with Crippen molar-refractivity contribution < 1.29 is 31.1 Å². The van der Waals surface area contributed by atoms with Crippen LogP contribution in [0.3, 0.4) is 0 Å². The minimum atomic E-state index is -4.41. The summed E-state index contributed by atoms with van der Waals surface area (Å²) in [6.45, 7) is 0.0919. The van der Waals surface area contributed by atoms with E-state index >= 15 is 0 Å². The molecule has 5 nitrogen and oxygen atoms in total. The van der Waals surface area contributed by atoms with Gasteiger partial charge in [-0.25, -0.2) is 26.3 Å². The molecule has 0 aliphatic rings. The Bertz CT molecular complexity index is 1140. The first-order valence-corrected chi connectivity index (χ1v) is 10.3. The second kappa shape index (κ2) is 9.19. The lowest BCUT2D eigenvalue weighted by Crippen LogP contribution is -2.24. The average Bonchev–Trinajstić information content (AvgIpc) is 2.74. The molecule has 0 aliphatic carbocycles. The van der Waals surface area contributed by atoms with Crippen LogP contribution in [0.1, 0.15) is 11.1 Å². The standard InChI is InChI=1S/C21H18F3NO4S/c1-28-20-9-15(7-8-19(20)29-13-14-5-3-2-4-6-14)12-25-30(26,27)21-11-17(23)16(22)10-18(21)24/h2-11,25H,12-13H2,1H3. The molecule has 30 heavy (non-hydrogen) atoms. The van der Waals surface area contributed by atoms with Crippen LogP contribution < -0.4 is 14.2 Å². The Morgan fingerprint density at radius 2 is 1.53 bits per heavy atom. The monoisotopic (exact) mass is 437 g/mol. The minimum absolute atomic E-state index is 0.186. The molecule has 0 fully saturated rings. The van der Waals surface area contributed by atoms with Crippen molar-refractivity contribution in [1.29, 1.82) is 0 Å². The lowest BCUT2D eigenvalue weighted by atomic mass is 10.2. The number of hydrogen-bond acceptors (Lipinski definition) is 4. The van der Waals surface area contributed by atoms with Crippen LogP contribution in [0.4, 0.5) is 13.2 Å². The molecule has 0 saturated heterocycles. The van der Waals surface area contributed by atoms with Crippen molar-refractivity contribution in [1.82, 2.24) is 4.72 Å². The molecule has 0 saturated carbocycles. The first-order chi connectivity index (χ1) is 14.3. The van der Waals surface area contributed by atoms with Crippen molar-refractivity contribution in [2.24, 2.45) is 0 Å². The summed E-state index contributed by atoms with van der Waals surface area (Å²) in [5.41, 5.74) is 1.45. The van der Waals surface area contributed by atoms with E-state index < -0.39 is 32.4 Å². The van der Waals surface area contributed by atoms with Gasteiger partial charge in [0.15, 0.2) is 23.1 Å². The molecule has 9 heteroatoms. The van der Waals surface area contributed by atoms with Crippen molar-refractivity contribution in [3.05, 3.63) is 89.2 Å². The normalized spacial score (nSPS) is 11.3. The molecule has 158 valence electrons. The number of rotatable bonds is 8. The van der Waals surface area contributed by atoms with E-state index in [9.17, 15) is 21.6 Å². The van der Waals surface area contributed by atoms with Crippen LogP contribution in [0.5, 0.6) is 11.5 Å². The molecular weight excluding hydrogens is 419 g/mol. The quantitative estimate of drug-likeness (QED) is 0.538. The molecule has 0 atom stereocenters. The number of hydrogen-bond donors (Lipinski definition) is 1. The Morgan fingerprint density at radius 1 is 0.833 bits per heavy atom. The van der Waals surface area contributed by atoms with Crippen molar-refractivity contribution in [2.45, 2.75) is 18.0 Å². The molecule has 3 aromatic carbocycles. The van der Waals surface area contributed by atoms with Gasteiger partial charge in [0.25, 0.3) is 0 Å². The summed E-state index contributed by atoms with van der Waals surface area (Å²) in [4.78, 5) is -0.976. The molecule has 0 amide bonds. The summed E-state index contributed by atoms with van der Waals surface area (Å²) >= 11 is 0. The third-order valence-electron chi connectivity index (χ3n) is 4.20. The molecule has 0 heterocycles. The Balaban J connectivity index is 1.72. The zero-order valence-corrected chi connectivity index (χ0v) is 16.7. The van der Waals surface area contributed by atoms with Gasteiger partial charge in [-0.1, -0.05) is 36.4 Å². The van der Waals surface area contributed by atoms with Crippen molar-refractivity contribution in [3.8, 4) is 11.5 Å². The van der Waals surface area contributed by atoms with Gasteiger partial charge in [-0.15, -0.1) is 0 Å². The maximum absolute atomic E-state index is 13.8. The minimum Gasteiger partial charge on any atom is -0.493 e. The topological polar surface area (TPSA) is 64.6 Å². The molecule has 0 bridgehead atoms. The average molecular weight is 437 g/mol. The smallest absolute Gasteiger partial charge is 0.243 e. The van der Waals surface area contributed by atoms with E-state index in [1.165, 1.54) is 7.11 Å². The number of benzene rings is 3. The number of sulfonamides is 1. The highest BCUT2D eigenvalue weighted by Crippen LogP contribution is 2.29. The third-order valence-corrected chi connectivity index (χ3v) is 5.61. The number of ether oxygens (including phenoxy) is 2. The number of nitrogens with one attached hydrogen (secondary N) is 1. The van der Waals surface area contributed by atoms with Crippen LogP contribution >= 0.6 is 0 Å². The summed E-state index contributed by atoms with van der Waals surface area (Å²) in [6.07, 6.45) is 0. The maximum Gasteiger partial charge on any atom is 0.243 e. The third kappa shape index (κ3) is 5.11. The fourth-order valence-electron chi connectivity index (χ4n) is 2.64. The van der Waals surface area contributed by atoms with Gasteiger partial charge in [-0.2, -0.15) is 0 Å². The zero-order chi connectivity index (χ0) is 21.7. The van der Waals surface area contributed by atoms with Gasteiger partial charge in [-0.05, 0) is 29.3 Å². The van der Waals surface area contributed by atoms with Crippen LogP contribution in [0.15, 0.2) is 65.6 Å². The Labute approximate surface area is 172 Å². The van der Waals surface area contributed by atoms with E-state index in [1.54, 1.807) is 18.2 Å². The molecule has 0 radical (unpaired) electrons. The number of methoxy groups -OCH3 is 1. The van der Waals surface area contributed by atoms with E-state index in [1.807, 2.05) is 30.3 Å². The first kappa shape index (κ1) is 21.7. The predicted molar refractivity (Wildman–Crippen MR) is 104 cm³/mol. The Kier molecular flexibility index (Phi) is 6.63. The van der Waals surface area contributed by atoms with Crippen molar-refractivity contribution in [2.75, 3.05) is 7.11 Å². The van der Waals surface area contributed by atoms with Crippen LogP contribution in [0.2, 0.25) is 0 Å². The van der Waals surface area contributed by atoms with E-state index in [0.717, 1.165) is 5.56 Å². The van der Waals surface area contributed by atoms with E-state index in [4.69, 9.17) is 9.47 Å². The highest BCUT2D eigenvalue weighted by atomic mass is 32.2. The van der Waals surface area contributed by atoms with E-state index in [-0.39, 0.29) is 12.6 Å². The second-order valence-electron chi connectivity index (χ2n) is 6.28. The number of halogens is 3. The molecule has 0 unspecified atom stereocenters. The molecule has 0 spiro atoms. The van der Waals surface area contributed by atoms with Crippen LogP contribution in [-0.2, 0) is 23.2 Å². The van der Waals surface area contributed by atoms with Crippen LogP contribution in [0.25, 0.3) is 0 Å². The maximum atomic E-state index is 13.8. The van der Waals surface area contributed by atoms with Gasteiger partial charge in [0, 0.05) is 12.6 Å². The summed E-state index contributed by atoms with van der Waals surface area (Å²) in [6, 6.07) is 14.8. The molecule has 3 aromatic rings. The first-order valence-electron chi connectivity index (χ1n) is 8.78. The SMILES string of the molecule is COc1cc(CNS(=O)(=O)c2cc(F)c(F)cc2F)ccc1OCc1ccccc1. The predicted octanol–water partition coefficient (Wildman–Crippen LogP) is 4.17. The lowest BCUT2D eigenvalue weighted by molar-refractivity contribution is 0.284. The van der Waals surface area contributed by atoms with Crippen molar-refractivity contribution in [3.63, 3.8) is 0 Å². The highest BCUT2D eigenvalue weighted by molar-refractivity contribution is 7.89. The fourth-order valence-corrected chi connectivity index (χ4v) is 3.73. The molecule has 0 aromatic heterocycles. The lowest BCUT2D eigenvalue weighted by Gasteiger charge is -2.13. The van der Waals surface area contributed by atoms with Gasteiger partial charge in [0.1, 0.15) is 17.3 Å². The van der Waals surface area contributed by atoms with Crippen molar-refractivity contribution >= 4 is 10.0 Å². The molecular formula is C21H18F3NO4S. The van der Waals surface area contributed by atoms with Gasteiger partial charge in [0.2, 0.25) is 10.0 Å². The van der Waals surface area contributed by atoms with Gasteiger partial charge in [-0.3, -0.25) is 0 Å². The molecule has 0 aliphatic heterocycles. The summed E-state index contributed by atoms with van der Waals surface area (Å²) in [7, 11) is -2.97. The Morgan fingerprint density at radius 3 is 2.23 bits per heavy atom. The molecule has 3 rings (SSSR count). The highest BCUT2D eigenvalue weighted by Gasteiger charge is 2.22. The second-order valence-corrected chi connectivity index (χ2v) is 8.02. The van der Waals surface area contributed by atoms with Crippen LogP contribution in [-0.4, -0.2) is 15.5 Å². The Hall–Kier alpha value is -3.04.